The van der Waals surface area contributed by atoms with Crippen LogP contribution >= 0.6 is 0 Å². The first-order valence-electron chi connectivity index (χ1n) is 7.65. The molecule has 0 aliphatic rings. The summed E-state index contributed by atoms with van der Waals surface area (Å²) in [5, 5.41) is 1.07. The zero-order chi connectivity index (χ0) is 16.1. The Morgan fingerprint density at radius 3 is 2.70 bits per heavy atom. The minimum atomic E-state index is 0.666. The number of pyridine rings is 1. The van der Waals surface area contributed by atoms with Gasteiger partial charge >= 0.3 is 0 Å². The van der Waals surface area contributed by atoms with Crippen LogP contribution in [0, 0.1) is 0 Å². The molecule has 116 valence electrons. The highest BCUT2D eigenvalue weighted by Gasteiger charge is 2.02. The predicted octanol–water partition coefficient (Wildman–Crippen LogP) is 4.81. The van der Waals surface area contributed by atoms with Gasteiger partial charge in [0, 0.05) is 5.39 Å². The van der Waals surface area contributed by atoms with E-state index < -0.39 is 0 Å². The Bertz CT molecular complexity index is 840. The average Bonchev–Trinajstić information content (AvgIpc) is 2.60. The second-order valence-corrected chi connectivity index (χ2v) is 5.11. The molecule has 0 saturated heterocycles. The summed E-state index contributed by atoms with van der Waals surface area (Å²) in [6.45, 7) is 2.65. The summed E-state index contributed by atoms with van der Waals surface area (Å²) < 4.78 is 10.9. The Kier molecular flexibility index (Phi) is 4.57. The van der Waals surface area contributed by atoms with Gasteiger partial charge < -0.3 is 9.47 Å². The Labute approximate surface area is 136 Å². The monoisotopic (exact) mass is 305 g/mol. The Hall–Kier alpha value is -2.81. The van der Waals surface area contributed by atoms with E-state index in [1.54, 1.807) is 7.11 Å². The lowest BCUT2D eigenvalue weighted by Gasteiger charge is -2.05. The topological polar surface area (TPSA) is 31.4 Å². The lowest BCUT2D eigenvalue weighted by atomic mass is 10.1. The third-order valence-corrected chi connectivity index (χ3v) is 3.54. The molecular weight excluding hydrogens is 286 g/mol. The molecule has 1 aromatic heterocycles. The highest BCUT2D eigenvalue weighted by atomic mass is 16.5. The normalized spacial score (nSPS) is 11.0. The molecule has 0 aliphatic carbocycles. The Morgan fingerprint density at radius 1 is 1.00 bits per heavy atom. The second kappa shape index (κ2) is 6.97. The average molecular weight is 305 g/mol. The van der Waals surface area contributed by atoms with Gasteiger partial charge in [-0.3, -0.25) is 0 Å². The van der Waals surface area contributed by atoms with Crippen LogP contribution in [0.3, 0.4) is 0 Å². The van der Waals surface area contributed by atoms with Crippen molar-refractivity contribution in [3.63, 3.8) is 0 Å². The van der Waals surface area contributed by atoms with E-state index in [9.17, 15) is 0 Å². The van der Waals surface area contributed by atoms with Crippen LogP contribution in [0.2, 0.25) is 0 Å². The SMILES string of the molecule is CCOc1cccc(C=Cc2ccc3cccc(OC)c3n2)c1. The molecule has 3 heteroatoms. The minimum absolute atomic E-state index is 0.666. The molecule has 0 aliphatic heterocycles. The fourth-order valence-corrected chi connectivity index (χ4v) is 2.45. The molecule has 0 N–H and O–H groups in total. The van der Waals surface area contributed by atoms with Gasteiger partial charge in [0.05, 0.1) is 19.4 Å². The predicted molar refractivity (Wildman–Crippen MR) is 94.8 cm³/mol. The van der Waals surface area contributed by atoms with Crippen molar-refractivity contribution in [3.8, 4) is 11.5 Å². The highest BCUT2D eigenvalue weighted by Crippen LogP contribution is 2.24. The number of hydrogen-bond acceptors (Lipinski definition) is 3. The van der Waals surface area contributed by atoms with E-state index in [4.69, 9.17) is 9.47 Å². The van der Waals surface area contributed by atoms with Gasteiger partial charge in [-0.25, -0.2) is 4.98 Å². The van der Waals surface area contributed by atoms with Crippen LogP contribution in [0.5, 0.6) is 11.5 Å². The molecule has 0 fully saturated rings. The number of hydrogen-bond donors (Lipinski definition) is 0. The summed E-state index contributed by atoms with van der Waals surface area (Å²) in [5.41, 5.74) is 2.85. The fourth-order valence-electron chi connectivity index (χ4n) is 2.45. The summed E-state index contributed by atoms with van der Waals surface area (Å²) >= 11 is 0. The Balaban J connectivity index is 1.90. The number of ether oxygens (including phenoxy) is 2. The molecule has 3 nitrogen and oxygen atoms in total. The lowest BCUT2D eigenvalue weighted by molar-refractivity contribution is 0.340. The number of methoxy groups -OCH3 is 1. The van der Waals surface area contributed by atoms with Crippen LogP contribution in [-0.4, -0.2) is 18.7 Å². The molecule has 0 saturated carbocycles. The van der Waals surface area contributed by atoms with Crippen molar-refractivity contribution in [2.45, 2.75) is 6.92 Å². The maximum atomic E-state index is 5.52. The molecule has 0 atom stereocenters. The number of rotatable bonds is 5. The molecule has 23 heavy (non-hydrogen) atoms. The number of aromatic nitrogens is 1. The standard InChI is InChI=1S/C20H19NO2/c1-3-23-18-8-4-6-15(14-18)10-12-17-13-11-16-7-5-9-19(22-2)20(16)21-17/h4-14H,3H2,1-2H3. The van der Waals surface area contributed by atoms with Crippen LogP contribution < -0.4 is 9.47 Å². The number of nitrogens with zero attached hydrogens (tertiary/aromatic N) is 1. The smallest absolute Gasteiger partial charge is 0.145 e. The van der Waals surface area contributed by atoms with Gasteiger partial charge in [0.2, 0.25) is 0 Å². The van der Waals surface area contributed by atoms with Crippen molar-refractivity contribution in [1.82, 2.24) is 4.98 Å². The number of benzene rings is 2. The van der Waals surface area contributed by atoms with Crippen molar-refractivity contribution >= 4 is 23.1 Å². The molecule has 2 aromatic carbocycles. The number of para-hydroxylation sites is 1. The molecule has 0 radical (unpaired) electrons. The van der Waals surface area contributed by atoms with E-state index in [1.807, 2.05) is 67.6 Å². The van der Waals surface area contributed by atoms with Gasteiger partial charge in [-0.15, -0.1) is 0 Å². The summed E-state index contributed by atoms with van der Waals surface area (Å²) in [6.07, 6.45) is 4.03. The Morgan fingerprint density at radius 2 is 1.87 bits per heavy atom. The number of fused-ring (bicyclic) bond motifs is 1. The van der Waals surface area contributed by atoms with E-state index in [0.29, 0.717) is 6.61 Å². The molecule has 0 amide bonds. The van der Waals surface area contributed by atoms with E-state index >= 15 is 0 Å². The first-order chi connectivity index (χ1) is 11.3. The van der Waals surface area contributed by atoms with E-state index in [2.05, 4.69) is 11.1 Å². The quantitative estimate of drug-likeness (QED) is 0.677. The van der Waals surface area contributed by atoms with Crippen LogP contribution in [0.15, 0.2) is 54.6 Å². The molecule has 3 aromatic rings. The maximum Gasteiger partial charge on any atom is 0.145 e. The van der Waals surface area contributed by atoms with Gasteiger partial charge in [-0.05, 0) is 42.8 Å². The summed E-state index contributed by atoms with van der Waals surface area (Å²) in [7, 11) is 1.66. The lowest BCUT2D eigenvalue weighted by Crippen LogP contribution is -1.91. The first-order valence-corrected chi connectivity index (χ1v) is 7.65. The molecular formula is C20H19NO2. The minimum Gasteiger partial charge on any atom is -0.494 e. The van der Waals surface area contributed by atoms with E-state index in [-0.39, 0.29) is 0 Å². The maximum absolute atomic E-state index is 5.52. The third kappa shape index (κ3) is 3.51. The van der Waals surface area contributed by atoms with Gasteiger partial charge in [0.25, 0.3) is 0 Å². The zero-order valence-corrected chi connectivity index (χ0v) is 13.3. The second-order valence-electron chi connectivity index (χ2n) is 5.11. The molecule has 0 spiro atoms. The van der Waals surface area contributed by atoms with Crippen molar-refractivity contribution in [2.24, 2.45) is 0 Å². The van der Waals surface area contributed by atoms with Crippen LogP contribution in [0.25, 0.3) is 23.1 Å². The fraction of sp³-hybridized carbons (Fsp3) is 0.150. The summed E-state index contributed by atoms with van der Waals surface area (Å²) in [5.74, 6) is 1.67. The molecule has 1 heterocycles. The summed E-state index contributed by atoms with van der Waals surface area (Å²) in [6, 6.07) is 18.0. The van der Waals surface area contributed by atoms with Crippen molar-refractivity contribution in [2.75, 3.05) is 13.7 Å². The van der Waals surface area contributed by atoms with Crippen molar-refractivity contribution in [3.05, 3.63) is 65.9 Å². The van der Waals surface area contributed by atoms with E-state index in [1.165, 1.54) is 0 Å². The first kappa shape index (κ1) is 15.1. The van der Waals surface area contributed by atoms with Crippen LogP contribution in [0.1, 0.15) is 18.2 Å². The van der Waals surface area contributed by atoms with Gasteiger partial charge in [0.1, 0.15) is 17.0 Å². The third-order valence-electron chi connectivity index (χ3n) is 3.54. The largest absolute Gasteiger partial charge is 0.494 e. The van der Waals surface area contributed by atoms with E-state index in [0.717, 1.165) is 33.7 Å². The zero-order valence-electron chi connectivity index (χ0n) is 13.3. The molecule has 0 bridgehead atoms. The highest BCUT2D eigenvalue weighted by molar-refractivity contribution is 5.86. The van der Waals surface area contributed by atoms with Gasteiger partial charge in [-0.2, -0.15) is 0 Å². The molecule has 3 rings (SSSR count). The molecule has 0 unspecified atom stereocenters. The van der Waals surface area contributed by atoms with Crippen LogP contribution in [-0.2, 0) is 0 Å². The van der Waals surface area contributed by atoms with Gasteiger partial charge in [0.15, 0.2) is 0 Å². The van der Waals surface area contributed by atoms with Gasteiger partial charge in [-0.1, -0.05) is 36.4 Å². The van der Waals surface area contributed by atoms with Crippen LogP contribution in [0.4, 0.5) is 0 Å². The summed E-state index contributed by atoms with van der Waals surface area (Å²) in [4.78, 5) is 4.68. The van der Waals surface area contributed by atoms with Crippen molar-refractivity contribution < 1.29 is 9.47 Å². The van der Waals surface area contributed by atoms with Crippen molar-refractivity contribution in [1.29, 1.82) is 0 Å².